The minimum absolute atomic E-state index is 0.223. The van der Waals surface area contributed by atoms with Gasteiger partial charge in [-0.25, -0.2) is 0 Å². The zero-order chi connectivity index (χ0) is 12.2. The summed E-state index contributed by atoms with van der Waals surface area (Å²) in [6.07, 6.45) is 4.93. The topological polar surface area (TPSA) is 58.6 Å². The van der Waals surface area contributed by atoms with Gasteiger partial charge in [0.1, 0.15) is 5.54 Å². The van der Waals surface area contributed by atoms with Crippen molar-refractivity contribution >= 4 is 5.97 Å². The number of carbonyl (C=O) groups is 1. The number of aliphatic carboxylic acids is 1. The van der Waals surface area contributed by atoms with E-state index in [0.717, 1.165) is 6.42 Å². The van der Waals surface area contributed by atoms with Gasteiger partial charge < -0.3 is 15.2 Å². The van der Waals surface area contributed by atoms with Crippen LogP contribution in [0.25, 0.3) is 0 Å². The molecule has 0 bridgehead atoms. The van der Waals surface area contributed by atoms with E-state index in [1.807, 2.05) is 0 Å². The van der Waals surface area contributed by atoms with Crippen molar-refractivity contribution in [3.8, 4) is 0 Å². The average molecular weight is 229 g/mol. The molecule has 0 amide bonds. The first-order valence-corrected chi connectivity index (χ1v) is 6.03. The van der Waals surface area contributed by atoms with Gasteiger partial charge in [0.05, 0.1) is 12.7 Å². The molecule has 1 aliphatic rings. The third-order valence-electron chi connectivity index (χ3n) is 3.64. The second-order valence-corrected chi connectivity index (χ2v) is 5.00. The molecule has 4 nitrogen and oxygen atoms in total. The van der Waals surface area contributed by atoms with Crippen LogP contribution in [0, 0.1) is 5.92 Å². The smallest absolute Gasteiger partial charge is 0.326 e. The maximum absolute atomic E-state index is 11.1. The number of carboxylic acids is 1. The van der Waals surface area contributed by atoms with E-state index >= 15 is 0 Å². The Kier molecular flexibility index (Phi) is 4.74. The fourth-order valence-electron chi connectivity index (χ4n) is 2.04. The molecule has 0 spiro atoms. The highest BCUT2D eigenvalue weighted by atomic mass is 16.5. The van der Waals surface area contributed by atoms with E-state index in [0.29, 0.717) is 5.92 Å². The summed E-state index contributed by atoms with van der Waals surface area (Å²) in [5.74, 6) is -0.317. The number of likely N-dealkylation sites (N-methyl/N-ethyl adjacent to an activating group) is 1. The molecule has 1 fully saturated rings. The molecule has 4 heteroatoms. The molecule has 0 aliphatic heterocycles. The maximum atomic E-state index is 11.1. The van der Waals surface area contributed by atoms with Crippen LogP contribution in [-0.2, 0) is 9.53 Å². The predicted octanol–water partition coefficient (Wildman–Crippen LogP) is 1.64. The fraction of sp³-hybridized carbons (Fsp3) is 0.917. The summed E-state index contributed by atoms with van der Waals surface area (Å²) in [6, 6.07) is 0. The number of carboxylic acid groups (broad SMARTS) is 1. The van der Waals surface area contributed by atoms with Gasteiger partial charge in [-0.15, -0.1) is 0 Å². The molecule has 3 unspecified atom stereocenters. The van der Waals surface area contributed by atoms with E-state index in [1.165, 1.54) is 19.3 Å². The summed E-state index contributed by atoms with van der Waals surface area (Å²) in [6.45, 7) is 4.07. The zero-order valence-electron chi connectivity index (χ0n) is 10.5. The van der Waals surface area contributed by atoms with Crippen molar-refractivity contribution in [2.24, 2.45) is 5.92 Å². The van der Waals surface area contributed by atoms with Crippen molar-refractivity contribution < 1.29 is 14.6 Å². The van der Waals surface area contributed by atoms with E-state index in [9.17, 15) is 4.79 Å². The Hall–Kier alpha value is -0.610. The highest BCUT2D eigenvalue weighted by molar-refractivity contribution is 5.78. The van der Waals surface area contributed by atoms with Crippen LogP contribution in [0.1, 0.15) is 39.5 Å². The van der Waals surface area contributed by atoms with Crippen LogP contribution in [0.15, 0.2) is 0 Å². The monoisotopic (exact) mass is 229 g/mol. The molecule has 94 valence electrons. The minimum Gasteiger partial charge on any atom is -0.480 e. The average Bonchev–Trinajstić information content (AvgIpc) is 2.27. The first kappa shape index (κ1) is 13.5. The Morgan fingerprint density at radius 1 is 1.50 bits per heavy atom. The van der Waals surface area contributed by atoms with Crippen molar-refractivity contribution in [3.05, 3.63) is 0 Å². The molecule has 3 atom stereocenters. The fourth-order valence-corrected chi connectivity index (χ4v) is 2.04. The highest BCUT2D eigenvalue weighted by Gasteiger charge is 2.33. The molecule has 1 aliphatic carbocycles. The molecule has 1 saturated carbocycles. The Balaban J connectivity index is 2.45. The summed E-state index contributed by atoms with van der Waals surface area (Å²) < 4.78 is 5.77. The predicted molar refractivity (Wildman–Crippen MR) is 62.5 cm³/mol. The van der Waals surface area contributed by atoms with Crippen LogP contribution >= 0.6 is 0 Å². The lowest BCUT2D eigenvalue weighted by atomic mass is 9.88. The second-order valence-electron chi connectivity index (χ2n) is 5.00. The van der Waals surface area contributed by atoms with Gasteiger partial charge in [0, 0.05) is 0 Å². The van der Waals surface area contributed by atoms with Gasteiger partial charge in [0.2, 0.25) is 0 Å². The number of rotatable bonds is 5. The molecule has 0 aromatic heterocycles. The molecule has 0 heterocycles. The summed E-state index contributed by atoms with van der Waals surface area (Å²) in [4.78, 5) is 11.1. The van der Waals surface area contributed by atoms with Crippen LogP contribution in [0.3, 0.4) is 0 Å². The summed E-state index contributed by atoms with van der Waals surface area (Å²) in [7, 11) is 1.65. The van der Waals surface area contributed by atoms with Crippen LogP contribution in [0.2, 0.25) is 0 Å². The first-order valence-electron chi connectivity index (χ1n) is 6.03. The molecule has 0 saturated heterocycles. The van der Waals surface area contributed by atoms with Crippen molar-refractivity contribution in [2.45, 2.75) is 51.2 Å². The van der Waals surface area contributed by atoms with Crippen LogP contribution < -0.4 is 5.32 Å². The van der Waals surface area contributed by atoms with Gasteiger partial charge in [-0.2, -0.15) is 0 Å². The van der Waals surface area contributed by atoms with E-state index in [1.54, 1.807) is 14.0 Å². The lowest BCUT2D eigenvalue weighted by Gasteiger charge is -2.32. The van der Waals surface area contributed by atoms with E-state index in [-0.39, 0.29) is 12.7 Å². The quantitative estimate of drug-likeness (QED) is 0.752. The number of ether oxygens (including phenoxy) is 1. The van der Waals surface area contributed by atoms with Gasteiger partial charge in [0.25, 0.3) is 0 Å². The van der Waals surface area contributed by atoms with E-state index in [4.69, 9.17) is 9.84 Å². The number of hydrogen-bond donors (Lipinski definition) is 2. The van der Waals surface area contributed by atoms with Gasteiger partial charge in [-0.1, -0.05) is 19.8 Å². The van der Waals surface area contributed by atoms with Gasteiger partial charge in [-0.05, 0) is 32.7 Å². The lowest BCUT2D eigenvalue weighted by Crippen LogP contribution is -2.52. The largest absolute Gasteiger partial charge is 0.480 e. The summed E-state index contributed by atoms with van der Waals surface area (Å²) >= 11 is 0. The van der Waals surface area contributed by atoms with Gasteiger partial charge in [-0.3, -0.25) is 4.79 Å². The molecule has 16 heavy (non-hydrogen) atoms. The summed E-state index contributed by atoms with van der Waals surface area (Å²) in [5, 5.41) is 11.9. The molecule has 0 aromatic rings. The Bertz CT molecular complexity index is 244. The zero-order valence-corrected chi connectivity index (χ0v) is 10.5. The van der Waals surface area contributed by atoms with E-state index < -0.39 is 11.5 Å². The molecule has 1 rings (SSSR count). The van der Waals surface area contributed by atoms with E-state index in [2.05, 4.69) is 12.2 Å². The van der Waals surface area contributed by atoms with Crippen LogP contribution in [-0.4, -0.2) is 36.4 Å². The highest BCUT2D eigenvalue weighted by Crippen LogP contribution is 2.26. The first-order chi connectivity index (χ1) is 7.49. The normalized spacial score (nSPS) is 29.7. The molecular weight excluding hydrogens is 206 g/mol. The number of nitrogens with one attached hydrogen (secondary N) is 1. The molecule has 0 radical (unpaired) electrons. The van der Waals surface area contributed by atoms with Gasteiger partial charge >= 0.3 is 5.97 Å². The Morgan fingerprint density at radius 3 is 2.62 bits per heavy atom. The van der Waals surface area contributed by atoms with Gasteiger partial charge in [0.15, 0.2) is 0 Å². The third kappa shape index (κ3) is 3.19. The third-order valence-corrected chi connectivity index (χ3v) is 3.64. The molecular formula is C12H23NO3. The SMILES string of the molecule is CNC(C)(COC1CCCCC1C)C(=O)O. The summed E-state index contributed by atoms with van der Waals surface area (Å²) in [5.41, 5.74) is -0.975. The minimum atomic E-state index is -0.975. The molecule has 0 aromatic carbocycles. The number of hydrogen-bond acceptors (Lipinski definition) is 3. The van der Waals surface area contributed by atoms with Crippen LogP contribution in [0.5, 0.6) is 0 Å². The van der Waals surface area contributed by atoms with Crippen molar-refractivity contribution in [1.29, 1.82) is 0 Å². The molecule has 2 N–H and O–H groups in total. The standard InChI is InChI=1S/C12H23NO3/c1-9-6-4-5-7-10(9)16-8-12(2,13-3)11(14)15/h9-10,13H,4-8H2,1-3H3,(H,14,15). The lowest BCUT2D eigenvalue weighted by molar-refractivity contribution is -0.148. The van der Waals surface area contributed by atoms with Crippen molar-refractivity contribution in [3.63, 3.8) is 0 Å². The Labute approximate surface area is 97.4 Å². The van der Waals surface area contributed by atoms with Crippen molar-refractivity contribution in [1.82, 2.24) is 5.32 Å². The van der Waals surface area contributed by atoms with Crippen molar-refractivity contribution in [2.75, 3.05) is 13.7 Å². The maximum Gasteiger partial charge on any atom is 0.326 e. The Morgan fingerprint density at radius 2 is 2.12 bits per heavy atom. The second kappa shape index (κ2) is 5.64. The van der Waals surface area contributed by atoms with Crippen LogP contribution in [0.4, 0.5) is 0 Å².